The second-order valence-electron chi connectivity index (χ2n) is 4.84. The highest BCUT2D eigenvalue weighted by molar-refractivity contribution is 5.92. The van der Waals surface area contributed by atoms with Gasteiger partial charge in [0, 0.05) is 24.6 Å². The second kappa shape index (κ2) is 5.78. The van der Waals surface area contributed by atoms with Gasteiger partial charge < -0.3 is 10.5 Å². The number of carbonyl (C=O) groups is 2. The summed E-state index contributed by atoms with van der Waals surface area (Å²) in [5, 5.41) is 0. The highest BCUT2D eigenvalue weighted by Gasteiger charge is 2.19. The Labute approximate surface area is 107 Å². The molecule has 0 aromatic heterocycles. The van der Waals surface area contributed by atoms with Gasteiger partial charge in [-0.25, -0.2) is 0 Å². The van der Waals surface area contributed by atoms with Crippen LogP contribution in [0.5, 0.6) is 0 Å². The van der Waals surface area contributed by atoms with Crippen LogP contribution in [0, 0.1) is 5.92 Å². The normalized spacial score (nSPS) is 20.6. The third-order valence-electron chi connectivity index (χ3n) is 3.35. The van der Waals surface area contributed by atoms with Gasteiger partial charge in [0.25, 0.3) is 0 Å². The molecular weight excluding hydrogens is 228 g/mol. The van der Waals surface area contributed by atoms with Gasteiger partial charge in [0.1, 0.15) is 6.29 Å². The average Bonchev–Trinajstić information content (AvgIpc) is 2.39. The molecule has 1 aromatic carbocycles. The molecule has 1 aliphatic rings. The molecule has 4 heteroatoms. The van der Waals surface area contributed by atoms with E-state index in [2.05, 4.69) is 4.90 Å². The zero-order valence-corrected chi connectivity index (χ0v) is 10.3. The first-order valence-corrected chi connectivity index (χ1v) is 6.25. The first-order valence-electron chi connectivity index (χ1n) is 6.25. The standard InChI is InChI=1S/C14H18N2O2/c15-14(18)13-5-1-3-11(7-13)8-16-6-2-4-12(9-16)10-17/h1,3,5,7,10,12H,2,4,6,8-9H2,(H2,15,18). The van der Waals surface area contributed by atoms with Gasteiger partial charge in [-0.15, -0.1) is 0 Å². The molecule has 1 fully saturated rings. The van der Waals surface area contributed by atoms with Gasteiger partial charge in [0.2, 0.25) is 5.91 Å². The Morgan fingerprint density at radius 1 is 1.50 bits per heavy atom. The Kier molecular flexibility index (Phi) is 4.10. The Hall–Kier alpha value is -1.68. The maximum atomic E-state index is 11.1. The maximum Gasteiger partial charge on any atom is 0.248 e. The zero-order chi connectivity index (χ0) is 13.0. The van der Waals surface area contributed by atoms with E-state index in [-0.39, 0.29) is 5.92 Å². The van der Waals surface area contributed by atoms with Crippen molar-refractivity contribution in [2.45, 2.75) is 19.4 Å². The Morgan fingerprint density at radius 2 is 2.33 bits per heavy atom. The molecule has 1 aliphatic heterocycles. The predicted molar refractivity (Wildman–Crippen MR) is 69.0 cm³/mol. The third-order valence-corrected chi connectivity index (χ3v) is 3.35. The summed E-state index contributed by atoms with van der Waals surface area (Å²) in [7, 11) is 0. The fourth-order valence-corrected chi connectivity index (χ4v) is 2.43. The topological polar surface area (TPSA) is 63.4 Å². The van der Waals surface area contributed by atoms with Gasteiger partial charge in [-0.05, 0) is 37.1 Å². The summed E-state index contributed by atoms with van der Waals surface area (Å²) in [5.41, 5.74) is 6.87. The van der Waals surface area contributed by atoms with Gasteiger partial charge in [-0.3, -0.25) is 9.69 Å². The van der Waals surface area contributed by atoms with Crippen molar-refractivity contribution in [2.75, 3.05) is 13.1 Å². The van der Waals surface area contributed by atoms with Crippen LogP contribution in [0.3, 0.4) is 0 Å². The lowest BCUT2D eigenvalue weighted by atomic mass is 9.99. The van der Waals surface area contributed by atoms with Crippen molar-refractivity contribution in [3.8, 4) is 0 Å². The van der Waals surface area contributed by atoms with Crippen molar-refractivity contribution in [3.05, 3.63) is 35.4 Å². The van der Waals surface area contributed by atoms with E-state index >= 15 is 0 Å². The van der Waals surface area contributed by atoms with Crippen LogP contribution in [0.15, 0.2) is 24.3 Å². The summed E-state index contributed by atoms with van der Waals surface area (Å²) in [4.78, 5) is 24.2. The van der Waals surface area contributed by atoms with Crippen molar-refractivity contribution in [2.24, 2.45) is 11.7 Å². The SMILES string of the molecule is NC(=O)c1cccc(CN2CCCC(C=O)C2)c1. The molecule has 18 heavy (non-hydrogen) atoms. The number of hydrogen-bond donors (Lipinski definition) is 1. The first kappa shape index (κ1) is 12.8. The van der Waals surface area contributed by atoms with E-state index in [1.54, 1.807) is 6.07 Å². The fraction of sp³-hybridized carbons (Fsp3) is 0.429. The third kappa shape index (κ3) is 3.17. The highest BCUT2D eigenvalue weighted by atomic mass is 16.1. The highest BCUT2D eigenvalue weighted by Crippen LogP contribution is 2.17. The number of benzene rings is 1. The van der Waals surface area contributed by atoms with Gasteiger partial charge in [-0.2, -0.15) is 0 Å². The molecule has 2 N–H and O–H groups in total. The van der Waals surface area contributed by atoms with Crippen molar-refractivity contribution in [3.63, 3.8) is 0 Å². The molecule has 0 saturated carbocycles. The minimum atomic E-state index is -0.402. The molecule has 0 radical (unpaired) electrons. The van der Waals surface area contributed by atoms with Crippen LogP contribution in [-0.4, -0.2) is 30.2 Å². The molecule has 0 aliphatic carbocycles. The summed E-state index contributed by atoms with van der Waals surface area (Å²) in [6.07, 6.45) is 3.09. The van der Waals surface area contributed by atoms with E-state index in [4.69, 9.17) is 5.73 Å². The molecule has 1 unspecified atom stereocenters. The number of carbonyl (C=O) groups excluding carboxylic acids is 2. The number of hydrogen-bond acceptors (Lipinski definition) is 3. The molecule has 2 rings (SSSR count). The molecule has 4 nitrogen and oxygen atoms in total. The van der Waals surface area contributed by atoms with Crippen molar-refractivity contribution in [1.82, 2.24) is 4.90 Å². The monoisotopic (exact) mass is 246 g/mol. The van der Waals surface area contributed by atoms with Crippen LogP contribution in [0.2, 0.25) is 0 Å². The maximum absolute atomic E-state index is 11.1. The van der Waals surface area contributed by atoms with Crippen LogP contribution >= 0.6 is 0 Å². The molecule has 1 atom stereocenters. The minimum absolute atomic E-state index is 0.151. The lowest BCUT2D eigenvalue weighted by Gasteiger charge is -2.30. The van der Waals surface area contributed by atoms with Crippen LogP contribution in [0.25, 0.3) is 0 Å². The van der Waals surface area contributed by atoms with Crippen LogP contribution in [-0.2, 0) is 11.3 Å². The first-order chi connectivity index (χ1) is 8.69. The Morgan fingerprint density at radius 3 is 3.06 bits per heavy atom. The van der Waals surface area contributed by atoms with E-state index in [0.717, 1.165) is 44.3 Å². The summed E-state index contributed by atoms with van der Waals surface area (Å²) in [6, 6.07) is 7.37. The van der Waals surface area contributed by atoms with E-state index in [1.165, 1.54) is 0 Å². The van der Waals surface area contributed by atoms with Crippen molar-refractivity contribution in [1.29, 1.82) is 0 Å². The van der Waals surface area contributed by atoms with E-state index in [9.17, 15) is 9.59 Å². The molecule has 1 aromatic rings. The average molecular weight is 246 g/mol. The molecule has 1 amide bonds. The summed E-state index contributed by atoms with van der Waals surface area (Å²) >= 11 is 0. The molecule has 1 saturated heterocycles. The van der Waals surface area contributed by atoms with Gasteiger partial charge in [0.15, 0.2) is 0 Å². The number of aldehydes is 1. The largest absolute Gasteiger partial charge is 0.366 e. The minimum Gasteiger partial charge on any atom is -0.366 e. The predicted octanol–water partition coefficient (Wildman–Crippen LogP) is 1.20. The van der Waals surface area contributed by atoms with Crippen LogP contribution in [0.1, 0.15) is 28.8 Å². The van der Waals surface area contributed by atoms with Gasteiger partial charge in [-0.1, -0.05) is 12.1 Å². The quantitative estimate of drug-likeness (QED) is 0.812. The fourth-order valence-electron chi connectivity index (χ4n) is 2.43. The molecular formula is C14H18N2O2. The summed E-state index contributed by atoms with van der Waals surface area (Å²) in [5.74, 6) is -0.251. The second-order valence-corrected chi connectivity index (χ2v) is 4.84. The van der Waals surface area contributed by atoms with Gasteiger partial charge >= 0.3 is 0 Å². The summed E-state index contributed by atoms with van der Waals surface area (Å²) < 4.78 is 0. The van der Waals surface area contributed by atoms with Crippen LogP contribution < -0.4 is 5.73 Å². The molecule has 0 spiro atoms. The number of piperidine rings is 1. The number of likely N-dealkylation sites (tertiary alicyclic amines) is 1. The molecule has 1 heterocycles. The lowest BCUT2D eigenvalue weighted by molar-refractivity contribution is -0.112. The number of amides is 1. The molecule has 96 valence electrons. The van der Waals surface area contributed by atoms with E-state index < -0.39 is 5.91 Å². The van der Waals surface area contributed by atoms with E-state index in [1.807, 2.05) is 18.2 Å². The van der Waals surface area contributed by atoms with Gasteiger partial charge in [0.05, 0.1) is 0 Å². The number of nitrogens with zero attached hydrogens (tertiary/aromatic N) is 1. The van der Waals surface area contributed by atoms with Crippen molar-refractivity contribution >= 4 is 12.2 Å². The number of nitrogens with two attached hydrogens (primary N) is 1. The Balaban J connectivity index is 2.02. The lowest BCUT2D eigenvalue weighted by Crippen LogP contribution is -2.35. The number of rotatable bonds is 4. The smallest absolute Gasteiger partial charge is 0.248 e. The molecule has 0 bridgehead atoms. The summed E-state index contributed by atoms with van der Waals surface area (Å²) in [6.45, 7) is 2.58. The van der Waals surface area contributed by atoms with Crippen molar-refractivity contribution < 1.29 is 9.59 Å². The Bertz CT molecular complexity index is 445. The zero-order valence-electron chi connectivity index (χ0n) is 10.3. The van der Waals surface area contributed by atoms with Crippen LogP contribution in [0.4, 0.5) is 0 Å². The number of primary amides is 1. The van der Waals surface area contributed by atoms with E-state index in [0.29, 0.717) is 5.56 Å².